The average Bonchev–Trinajstić information content (AvgIpc) is 3.52. The number of carbonyl (C=O) groups excluding carboxylic acids is 2. The number of likely N-dealkylation sites (tertiary alicyclic amines) is 1. The van der Waals surface area contributed by atoms with E-state index < -0.39 is 33.8 Å². The van der Waals surface area contributed by atoms with E-state index in [1.165, 1.54) is 29.1 Å². The van der Waals surface area contributed by atoms with Gasteiger partial charge < -0.3 is 28.6 Å². The first-order valence-electron chi connectivity index (χ1n) is 21.0. The van der Waals surface area contributed by atoms with Gasteiger partial charge in [-0.3, -0.25) is 23.9 Å². The van der Waals surface area contributed by atoms with Crippen LogP contribution in [0.15, 0.2) is 59.1 Å². The molecule has 1 saturated carbocycles. The lowest BCUT2D eigenvalue weighted by Gasteiger charge is -2.46. The molecule has 1 saturated heterocycles. The lowest BCUT2D eigenvalue weighted by Crippen LogP contribution is -2.52. The van der Waals surface area contributed by atoms with Crippen LogP contribution in [0.1, 0.15) is 64.4 Å². The molecule has 60 heavy (non-hydrogen) atoms. The van der Waals surface area contributed by atoms with Crippen molar-refractivity contribution in [2.45, 2.75) is 62.8 Å². The van der Waals surface area contributed by atoms with E-state index in [0.717, 1.165) is 62.4 Å². The number of nitrogens with zero attached hydrogens (tertiary/aromatic N) is 5. The maximum atomic E-state index is 15.1. The molecule has 1 unspecified atom stereocenters. The lowest BCUT2D eigenvalue weighted by molar-refractivity contribution is -0.0473. The van der Waals surface area contributed by atoms with E-state index in [1.807, 2.05) is 31.2 Å². The summed E-state index contributed by atoms with van der Waals surface area (Å²) < 4.78 is 53.9. The highest BCUT2D eigenvalue weighted by molar-refractivity contribution is 7.92. The van der Waals surface area contributed by atoms with Crippen LogP contribution in [-0.4, -0.2) is 122 Å². The Labute approximate surface area is 358 Å². The van der Waals surface area contributed by atoms with Crippen molar-refractivity contribution in [3.8, 4) is 11.6 Å². The number of amides is 2. The SMILES string of the molecule is COc1nn(C)cc1C(=O)NS1(=O)=NC(=O)c2ccc3c(c2)N(C[C@@H]2CC[C@H]2[C@@H](OC)/C=C/[C@H](OCCN2CC(OC)C2)[C@H](C)C1)C[C@@]1(CCCc2cc(Cl)ccc21)CO3. The topological polar surface area (TPSA) is 146 Å². The number of anilines is 1. The molecule has 3 aliphatic heterocycles. The molecule has 1 spiro atoms. The Bertz CT molecular complexity index is 2240. The van der Waals surface area contributed by atoms with Crippen molar-refractivity contribution in [1.29, 1.82) is 0 Å². The Kier molecular flexibility index (Phi) is 12.6. The molecule has 2 amide bonds. The molecule has 4 heterocycles. The quantitative estimate of drug-likeness (QED) is 0.274. The van der Waals surface area contributed by atoms with E-state index >= 15 is 4.21 Å². The second-order valence-electron chi connectivity index (χ2n) is 17.2. The van der Waals surface area contributed by atoms with Crippen molar-refractivity contribution >= 4 is 39.0 Å². The molecular weight excluding hydrogens is 808 g/mol. The van der Waals surface area contributed by atoms with E-state index in [4.69, 9.17) is 35.3 Å². The number of aromatic nitrogens is 2. The van der Waals surface area contributed by atoms with E-state index in [9.17, 15) is 9.59 Å². The highest BCUT2D eigenvalue weighted by atomic mass is 35.5. The van der Waals surface area contributed by atoms with E-state index in [2.05, 4.69) is 42.2 Å². The first-order chi connectivity index (χ1) is 28.9. The molecule has 2 aliphatic carbocycles. The Morgan fingerprint density at radius 2 is 1.88 bits per heavy atom. The predicted octanol–water partition coefficient (Wildman–Crippen LogP) is 5.47. The van der Waals surface area contributed by atoms with Gasteiger partial charge in [-0.1, -0.05) is 36.7 Å². The summed E-state index contributed by atoms with van der Waals surface area (Å²) in [5.41, 5.74) is 3.28. The number of hydrogen-bond acceptors (Lipinski definition) is 11. The zero-order valence-corrected chi connectivity index (χ0v) is 36.7. The van der Waals surface area contributed by atoms with Gasteiger partial charge in [-0.05, 0) is 85.4 Å². The third-order valence-corrected chi connectivity index (χ3v) is 15.3. The molecular formula is C44H57ClN6O8S. The summed E-state index contributed by atoms with van der Waals surface area (Å²) >= 11 is 6.50. The molecule has 324 valence electrons. The van der Waals surface area contributed by atoms with Crippen molar-refractivity contribution in [1.82, 2.24) is 19.4 Å². The number of aryl methyl sites for hydroxylation is 2. The fourth-order valence-electron chi connectivity index (χ4n) is 9.69. The maximum Gasteiger partial charge on any atom is 0.286 e. The van der Waals surface area contributed by atoms with Crippen molar-refractivity contribution < 1.29 is 37.5 Å². The summed E-state index contributed by atoms with van der Waals surface area (Å²) in [7, 11) is 2.75. The molecule has 14 nitrogen and oxygen atoms in total. The number of nitrogens with one attached hydrogen (secondary N) is 1. The molecule has 2 bridgehead atoms. The minimum atomic E-state index is -3.78. The Hall–Kier alpha value is -3.99. The number of hydrogen-bond donors (Lipinski definition) is 1. The van der Waals surface area contributed by atoms with Gasteiger partial charge in [0, 0.05) is 82.1 Å². The second-order valence-corrected chi connectivity index (χ2v) is 19.6. The molecule has 5 aliphatic rings. The van der Waals surface area contributed by atoms with Gasteiger partial charge in [0.1, 0.15) is 21.2 Å². The smallest absolute Gasteiger partial charge is 0.286 e. The molecule has 1 N–H and O–H groups in total. The van der Waals surface area contributed by atoms with Gasteiger partial charge in [0.15, 0.2) is 0 Å². The number of ether oxygens (including phenoxy) is 5. The molecule has 0 radical (unpaired) electrons. The van der Waals surface area contributed by atoms with Gasteiger partial charge in [-0.2, -0.15) is 0 Å². The number of carbonyl (C=O) groups is 2. The van der Waals surface area contributed by atoms with Crippen LogP contribution in [-0.2, 0) is 43.0 Å². The second kappa shape index (κ2) is 17.8. The maximum absolute atomic E-state index is 15.1. The van der Waals surface area contributed by atoms with Crippen LogP contribution in [0.4, 0.5) is 5.69 Å². The number of halogens is 1. The normalized spacial score (nSPS) is 30.1. The number of fused-ring (bicyclic) bond motifs is 4. The van der Waals surface area contributed by atoms with Crippen LogP contribution in [0.3, 0.4) is 0 Å². The van der Waals surface area contributed by atoms with Gasteiger partial charge in [0.2, 0.25) is 5.88 Å². The minimum absolute atomic E-state index is 0.0589. The van der Waals surface area contributed by atoms with Crippen molar-refractivity contribution in [2.75, 3.05) is 77.9 Å². The summed E-state index contributed by atoms with van der Waals surface area (Å²) in [6.07, 6.45) is 9.99. The van der Waals surface area contributed by atoms with Crippen LogP contribution >= 0.6 is 11.6 Å². The molecule has 16 heteroatoms. The third-order valence-electron chi connectivity index (χ3n) is 13.1. The molecule has 7 atom stereocenters. The van der Waals surface area contributed by atoms with E-state index in [0.29, 0.717) is 38.0 Å². The fourth-order valence-corrected chi connectivity index (χ4v) is 11.8. The summed E-state index contributed by atoms with van der Waals surface area (Å²) in [5, 5.41) is 4.92. The number of rotatable bonds is 9. The highest BCUT2D eigenvalue weighted by Gasteiger charge is 2.45. The molecule has 3 aromatic rings. The van der Waals surface area contributed by atoms with Crippen LogP contribution in [0, 0.1) is 17.8 Å². The first kappa shape index (κ1) is 42.7. The Morgan fingerprint density at radius 3 is 2.63 bits per heavy atom. The highest BCUT2D eigenvalue weighted by Crippen LogP contribution is 2.47. The van der Waals surface area contributed by atoms with Crippen molar-refractivity contribution in [3.05, 3.63) is 82.0 Å². The van der Waals surface area contributed by atoms with E-state index in [1.54, 1.807) is 27.3 Å². The van der Waals surface area contributed by atoms with Crippen LogP contribution in [0.2, 0.25) is 5.02 Å². The Balaban J connectivity index is 1.18. The van der Waals surface area contributed by atoms with Gasteiger partial charge in [0.25, 0.3) is 11.8 Å². The van der Waals surface area contributed by atoms with E-state index in [-0.39, 0.29) is 46.3 Å². The third kappa shape index (κ3) is 8.84. The summed E-state index contributed by atoms with van der Waals surface area (Å²) in [4.78, 5) is 32.9. The van der Waals surface area contributed by atoms with Gasteiger partial charge in [0.05, 0.1) is 50.1 Å². The van der Waals surface area contributed by atoms with Crippen LogP contribution in [0.5, 0.6) is 11.6 Å². The Morgan fingerprint density at radius 1 is 1.07 bits per heavy atom. The molecule has 1 aromatic heterocycles. The average molecular weight is 865 g/mol. The van der Waals surface area contributed by atoms with Crippen LogP contribution in [0.25, 0.3) is 0 Å². The van der Waals surface area contributed by atoms with Crippen LogP contribution < -0.4 is 19.1 Å². The number of benzene rings is 2. The summed E-state index contributed by atoms with van der Waals surface area (Å²) in [5.74, 6) is -0.783. The summed E-state index contributed by atoms with van der Waals surface area (Å²) in [6, 6.07) is 11.5. The van der Waals surface area contributed by atoms with Gasteiger partial charge in [-0.15, -0.1) is 9.46 Å². The van der Waals surface area contributed by atoms with Crippen molar-refractivity contribution in [2.24, 2.45) is 29.2 Å². The zero-order chi connectivity index (χ0) is 42.2. The monoisotopic (exact) mass is 864 g/mol. The van der Waals surface area contributed by atoms with Gasteiger partial charge in [-0.25, -0.2) is 4.21 Å². The minimum Gasteiger partial charge on any atom is -0.490 e. The first-order valence-corrected chi connectivity index (χ1v) is 23.0. The largest absolute Gasteiger partial charge is 0.490 e. The number of methoxy groups -OCH3 is 3. The zero-order valence-electron chi connectivity index (χ0n) is 35.1. The predicted molar refractivity (Wildman–Crippen MR) is 230 cm³/mol. The fraction of sp³-hybridized carbons (Fsp3) is 0.568. The lowest BCUT2D eigenvalue weighted by atomic mass is 9.68. The molecule has 8 rings (SSSR count). The molecule has 2 fully saturated rings. The summed E-state index contributed by atoms with van der Waals surface area (Å²) in [6.45, 7) is 6.55. The van der Waals surface area contributed by atoms with Crippen molar-refractivity contribution in [3.63, 3.8) is 0 Å². The molecule has 2 aromatic carbocycles. The standard InChI is InChI=1S/C44H57ClN6O8S/c1-28-25-60(54,48-42(53)35-24-49(2)46-43(35)57-5)47-41(52)30-9-13-40-37(20-30)51(26-44(27-59-40)16-6-7-29-19-32(45)10-12-36(29)44)21-31-8-11-34(31)39(56-4)15-14-38(28)58-18-17-50-22-33(23-50)55-3/h9-10,12-15,19-20,24,28,31,33-34,38-39H,6-8,11,16-18,21-23,25-27H2,1-5H3,(H,47,48,52,53,54)/b15-14+/t28-,31+,34-,38+,39+,44+,60?/m1/s1. The van der Waals surface area contributed by atoms with Gasteiger partial charge >= 0.3 is 0 Å².